The zero-order valence-electron chi connectivity index (χ0n) is 15.4. The number of nitrogens with zero attached hydrogens (tertiary/aromatic N) is 2. The molecule has 2 unspecified atom stereocenters. The van der Waals surface area contributed by atoms with E-state index in [9.17, 15) is 9.90 Å². The molecule has 1 saturated carbocycles. The van der Waals surface area contributed by atoms with Crippen molar-refractivity contribution in [1.82, 2.24) is 0 Å². The van der Waals surface area contributed by atoms with Crippen LogP contribution in [0.5, 0.6) is 0 Å². The highest BCUT2D eigenvalue weighted by atomic mass is 35.5. The summed E-state index contributed by atoms with van der Waals surface area (Å²) in [5, 5.41) is 17.1. The maximum absolute atomic E-state index is 11.3. The standard InChI is InChI=1S/C22H22ClN3O2/c23-18-11-15(6-9-19(18)24)26-21(12-2-1-3-12)17-8-4-13-10-14(22(27)28)5-7-16(13)20(17)25-26/h5-7,9-12,17,21H,1-4,8,24H2,(H,27,28). The summed E-state index contributed by atoms with van der Waals surface area (Å²) < 4.78 is 0. The van der Waals surface area contributed by atoms with Crippen molar-refractivity contribution in [2.45, 2.75) is 38.1 Å². The summed E-state index contributed by atoms with van der Waals surface area (Å²) in [7, 11) is 0. The minimum absolute atomic E-state index is 0.329. The van der Waals surface area contributed by atoms with Gasteiger partial charge in [-0.1, -0.05) is 24.1 Å². The lowest BCUT2D eigenvalue weighted by Crippen LogP contribution is -2.44. The summed E-state index contributed by atoms with van der Waals surface area (Å²) in [6, 6.07) is 11.5. The highest BCUT2D eigenvalue weighted by molar-refractivity contribution is 6.33. The van der Waals surface area contributed by atoms with Crippen LogP contribution in [0.15, 0.2) is 41.5 Å². The molecule has 1 aliphatic heterocycles. The molecule has 1 heterocycles. The molecule has 2 aromatic rings. The Bertz CT molecular complexity index is 999. The van der Waals surface area contributed by atoms with E-state index >= 15 is 0 Å². The van der Waals surface area contributed by atoms with Gasteiger partial charge in [-0.3, -0.25) is 5.01 Å². The van der Waals surface area contributed by atoms with Crippen LogP contribution in [0.4, 0.5) is 11.4 Å². The first-order chi connectivity index (χ1) is 13.5. The molecule has 28 heavy (non-hydrogen) atoms. The number of fused-ring (bicyclic) bond motifs is 3. The molecule has 0 bridgehead atoms. The number of nitrogens with two attached hydrogens (primary N) is 1. The van der Waals surface area contributed by atoms with E-state index in [0.717, 1.165) is 35.4 Å². The molecular formula is C22H22ClN3O2. The van der Waals surface area contributed by atoms with Gasteiger partial charge in [0.1, 0.15) is 0 Å². The lowest BCUT2D eigenvalue weighted by Gasteiger charge is -2.40. The van der Waals surface area contributed by atoms with Gasteiger partial charge in [0.2, 0.25) is 0 Å². The molecule has 3 aliphatic rings. The number of hydrogen-bond donors (Lipinski definition) is 2. The number of carboxylic acid groups (broad SMARTS) is 1. The maximum Gasteiger partial charge on any atom is 0.335 e. The summed E-state index contributed by atoms with van der Waals surface area (Å²) >= 11 is 6.29. The largest absolute Gasteiger partial charge is 0.478 e. The minimum Gasteiger partial charge on any atom is -0.478 e. The van der Waals surface area contributed by atoms with Crippen molar-refractivity contribution in [3.05, 3.63) is 58.1 Å². The van der Waals surface area contributed by atoms with Crippen LogP contribution in [0.3, 0.4) is 0 Å². The molecule has 144 valence electrons. The van der Waals surface area contributed by atoms with Crippen LogP contribution in [0.1, 0.15) is 47.2 Å². The van der Waals surface area contributed by atoms with Gasteiger partial charge in [0.25, 0.3) is 0 Å². The number of aromatic carboxylic acids is 1. The highest BCUT2D eigenvalue weighted by Gasteiger charge is 2.46. The molecule has 0 spiro atoms. The first-order valence-electron chi connectivity index (χ1n) is 9.82. The fraction of sp³-hybridized carbons (Fsp3) is 0.364. The Hall–Kier alpha value is -2.53. The van der Waals surface area contributed by atoms with Crippen molar-refractivity contribution >= 4 is 34.7 Å². The minimum atomic E-state index is -0.885. The Labute approximate surface area is 168 Å². The number of nitrogen functional groups attached to an aromatic ring is 1. The highest BCUT2D eigenvalue weighted by Crippen LogP contribution is 2.46. The van der Waals surface area contributed by atoms with E-state index < -0.39 is 5.97 Å². The molecule has 2 aliphatic carbocycles. The van der Waals surface area contributed by atoms with Gasteiger partial charge in [-0.05, 0) is 67.5 Å². The molecule has 0 aromatic heterocycles. The van der Waals surface area contributed by atoms with Gasteiger partial charge in [-0.2, -0.15) is 5.10 Å². The fourth-order valence-electron chi connectivity index (χ4n) is 4.84. The number of carbonyl (C=O) groups is 1. The SMILES string of the molecule is Nc1ccc(N2N=C3c4ccc(C(=O)O)cc4CCC3C2C2CCC2)cc1Cl. The first-order valence-corrected chi connectivity index (χ1v) is 10.2. The number of anilines is 2. The zero-order valence-corrected chi connectivity index (χ0v) is 16.2. The van der Waals surface area contributed by atoms with Crippen LogP contribution in [-0.2, 0) is 6.42 Å². The summed E-state index contributed by atoms with van der Waals surface area (Å²) in [6.45, 7) is 0. The van der Waals surface area contributed by atoms with E-state index in [0.29, 0.717) is 34.2 Å². The molecule has 6 heteroatoms. The van der Waals surface area contributed by atoms with Gasteiger partial charge in [0.15, 0.2) is 0 Å². The second kappa shape index (κ2) is 6.52. The van der Waals surface area contributed by atoms with Crippen LogP contribution in [-0.4, -0.2) is 22.8 Å². The monoisotopic (exact) mass is 395 g/mol. The van der Waals surface area contributed by atoms with E-state index in [4.69, 9.17) is 22.4 Å². The average Bonchev–Trinajstić information content (AvgIpc) is 3.01. The first kappa shape index (κ1) is 17.6. The fourth-order valence-corrected chi connectivity index (χ4v) is 5.02. The Morgan fingerprint density at radius 1 is 1.18 bits per heavy atom. The van der Waals surface area contributed by atoms with Crippen molar-refractivity contribution < 1.29 is 9.90 Å². The smallest absolute Gasteiger partial charge is 0.335 e. The van der Waals surface area contributed by atoms with Crippen LogP contribution in [0.25, 0.3) is 0 Å². The predicted molar refractivity (Wildman–Crippen MR) is 111 cm³/mol. The number of aryl methyl sites for hydroxylation is 1. The van der Waals surface area contributed by atoms with Crippen molar-refractivity contribution in [2.75, 3.05) is 10.7 Å². The number of hydrazone groups is 1. The summed E-state index contributed by atoms with van der Waals surface area (Å²) in [5.74, 6) is 0.107. The predicted octanol–water partition coefficient (Wildman–Crippen LogP) is 4.58. The van der Waals surface area contributed by atoms with Crippen LogP contribution in [0, 0.1) is 11.8 Å². The summed E-state index contributed by atoms with van der Waals surface area (Å²) in [5.41, 5.74) is 11.1. The van der Waals surface area contributed by atoms with Crippen molar-refractivity contribution in [1.29, 1.82) is 0 Å². The molecule has 5 nitrogen and oxygen atoms in total. The van der Waals surface area contributed by atoms with Gasteiger partial charge in [0, 0.05) is 11.5 Å². The molecule has 2 aromatic carbocycles. The van der Waals surface area contributed by atoms with Gasteiger partial charge in [-0.15, -0.1) is 0 Å². The van der Waals surface area contributed by atoms with Gasteiger partial charge < -0.3 is 10.8 Å². The lowest BCUT2D eigenvalue weighted by molar-refractivity contribution is 0.0696. The Morgan fingerprint density at radius 2 is 2.00 bits per heavy atom. The van der Waals surface area contributed by atoms with Gasteiger partial charge in [-0.25, -0.2) is 4.79 Å². The molecule has 0 amide bonds. The number of hydrogen-bond acceptors (Lipinski definition) is 4. The van der Waals surface area contributed by atoms with Crippen molar-refractivity contribution in [3.63, 3.8) is 0 Å². The third kappa shape index (κ3) is 2.68. The van der Waals surface area contributed by atoms with Crippen LogP contribution in [0.2, 0.25) is 5.02 Å². The maximum atomic E-state index is 11.3. The average molecular weight is 396 g/mol. The second-order valence-corrected chi connectivity index (χ2v) is 8.45. The third-order valence-corrected chi connectivity index (χ3v) is 6.82. The van der Waals surface area contributed by atoms with E-state index in [2.05, 4.69) is 5.01 Å². The van der Waals surface area contributed by atoms with Crippen LogP contribution >= 0.6 is 11.6 Å². The molecule has 2 atom stereocenters. The number of rotatable bonds is 3. The van der Waals surface area contributed by atoms with Gasteiger partial charge in [0.05, 0.1) is 33.7 Å². The second-order valence-electron chi connectivity index (χ2n) is 8.04. The molecule has 0 saturated heterocycles. The van der Waals surface area contributed by atoms with E-state index in [-0.39, 0.29) is 0 Å². The molecule has 1 fully saturated rings. The third-order valence-electron chi connectivity index (χ3n) is 6.50. The molecule has 0 radical (unpaired) electrons. The van der Waals surface area contributed by atoms with E-state index in [1.165, 1.54) is 19.3 Å². The number of benzene rings is 2. The lowest BCUT2D eigenvalue weighted by atomic mass is 9.69. The zero-order chi connectivity index (χ0) is 19.4. The Kier molecular flexibility index (Phi) is 4.09. The summed E-state index contributed by atoms with van der Waals surface area (Å²) in [6.07, 6.45) is 5.62. The number of carboxylic acids is 1. The topological polar surface area (TPSA) is 78.9 Å². The van der Waals surface area contributed by atoms with Crippen LogP contribution < -0.4 is 10.7 Å². The number of halogens is 1. The van der Waals surface area contributed by atoms with E-state index in [1.54, 1.807) is 12.1 Å². The van der Waals surface area contributed by atoms with Crippen molar-refractivity contribution in [3.8, 4) is 0 Å². The normalized spacial score (nSPS) is 23.6. The van der Waals surface area contributed by atoms with Gasteiger partial charge >= 0.3 is 5.97 Å². The Balaban J connectivity index is 1.59. The molecular weight excluding hydrogens is 374 g/mol. The molecule has 5 rings (SSSR count). The Morgan fingerprint density at radius 3 is 2.68 bits per heavy atom. The van der Waals surface area contributed by atoms with E-state index in [1.807, 2.05) is 24.3 Å². The van der Waals surface area contributed by atoms with Crippen molar-refractivity contribution in [2.24, 2.45) is 16.9 Å². The molecule has 3 N–H and O–H groups in total. The summed E-state index contributed by atoms with van der Waals surface area (Å²) in [4.78, 5) is 11.3. The quantitative estimate of drug-likeness (QED) is 0.746.